The fraction of sp³-hybridized carbons (Fsp3) is 0.0769. The average Bonchev–Trinajstić information content (AvgIpc) is 2.68. The van der Waals surface area contributed by atoms with Crippen molar-refractivity contribution < 1.29 is 0 Å². The highest BCUT2D eigenvalue weighted by atomic mass is 79.9. The van der Waals surface area contributed by atoms with Crippen LogP contribution in [-0.2, 0) is 0 Å². The van der Waals surface area contributed by atoms with Crippen molar-refractivity contribution in [3.63, 3.8) is 0 Å². The van der Waals surface area contributed by atoms with Crippen LogP contribution in [0.4, 0.5) is 0 Å². The van der Waals surface area contributed by atoms with Gasteiger partial charge in [-0.1, -0.05) is 28.1 Å². The molecule has 0 bridgehead atoms. The first-order chi connectivity index (χ1) is 8.22. The molecule has 0 radical (unpaired) electrons. The molecule has 4 heteroatoms. The van der Waals surface area contributed by atoms with Crippen molar-refractivity contribution in [1.82, 2.24) is 14.6 Å². The van der Waals surface area contributed by atoms with Gasteiger partial charge in [0.1, 0.15) is 0 Å². The van der Waals surface area contributed by atoms with Gasteiger partial charge in [-0.25, -0.2) is 9.50 Å². The summed E-state index contributed by atoms with van der Waals surface area (Å²) in [6, 6.07) is 12.1. The van der Waals surface area contributed by atoms with E-state index in [1.54, 1.807) is 0 Å². The van der Waals surface area contributed by atoms with Gasteiger partial charge in [0.05, 0.1) is 17.6 Å². The number of hydrogen-bond acceptors (Lipinski definition) is 2. The first-order valence-electron chi connectivity index (χ1n) is 5.31. The number of aryl methyl sites for hydroxylation is 1. The van der Waals surface area contributed by atoms with Crippen LogP contribution in [-0.4, -0.2) is 14.6 Å². The first kappa shape index (κ1) is 10.5. The minimum atomic E-state index is 0.876. The third kappa shape index (κ3) is 1.96. The Morgan fingerprint density at radius 1 is 1.18 bits per heavy atom. The van der Waals surface area contributed by atoms with Crippen molar-refractivity contribution in [3.8, 4) is 11.3 Å². The van der Waals surface area contributed by atoms with E-state index in [9.17, 15) is 0 Å². The van der Waals surface area contributed by atoms with Crippen molar-refractivity contribution in [2.75, 3.05) is 0 Å². The molecule has 0 amide bonds. The molecule has 0 aliphatic carbocycles. The molecule has 0 aliphatic rings. The summed E-state index contributed by atoms with van der Waals surface area (Å²) in [7, 11) is 0. The molecule has 3 nitrogen and oxygen atoms in total. The summed E-state index contributed by atoms with van der Waals surface area (Å²) < 4.78 is 2.87. The smallest absolute Gasteiger partial charge is 0.153 e. The monoisotopic (exact) mass is 287 g/mol. The van der Waals surface area contributed by atoms with Gasteiger partial charge in [0.2, 0.25) is 0 Å². The van der Waals surface area contributed by atoms with Crippen molar-refractivity contribution >= 4 is 21.6 Å². The first-order valence-corrected chi connectivity index (χ1v) is 6.11. The van der Waals surface area contributed by atoms with Crippen LogP contribution in [0.25, 0.3) is 16.9 Å². The van der Waals surface area contributed by atoms with E-state index in [0.29, 0.717) is 0 Å². The molecule has 84 valence electrons. The van der Waals surface area contributed by atoms with Gasteiger partial charge >= 0.3 is 0 Å². The van der Waals surface area contributed by atoms with E-state index in [-0.39, 0.29) is 0 Å². The lowest BCUT2D eigenvalue weighted by Gasteiger charge is -2.01. The number of hydrogen-bond donors (Lipinski definition) is 0. The van der Waals surface area contributed by atoms with Crippen molar-refractivity contribution in [2.24, 2.45) is 0 Å². The van der Waals surface area contributed by atoms with Gasteiger partial charge < -0.3 is 0 Å². The lowest BCUT2D eigenvalue weighted by Crippen LogP contribution is -1.92. The van der Waals surface area contributed by atoms with E-state index >= 15 is 0 Å². The Morgan fingerprint density at radius 2 is 2.06 bits per heavy atom. The number of fused-ring (bicyclic) bond motifs is 1. The zero-order chi connectivity index (χ0) is 11.8. The third-order valence-electron chi connectivity index (χ3n) is 2.56. The predicted octanol–water partition coefficient (Wildman–Crippen LogP) is 3.47. The molecule has 3 rings (SSSR count). The van der Waals surface area contributed by atoms with E-state index in [1.165, 1.54) is 0 Å². The Morgan fingerprint density at radius 3 is 2.88 bits per heavy atom. The number of nitrogens with zero attached hydrogens (tertiary/aromatic N) is 3. The van der Waals surface area contributed by atoms with E-state index in [2.05, 4.69) is 32.1 Å². The second-order valence-corrected chi connectivity index (χ2v) is 4.83. The molecule has 0 unspecified atom stereocenters. The van der Waals surface area contributed by atoms with Gasteiger partial charge in [0, 0.05) is 10.0 Å². The molecule has 0 N–H and O–H groups in total. The normalized spacial score (nSPS) is 10.9. The third-order valence-corrected chi connectivity index (χ3v) is 3.05. The van der Waals surface area contributed by atoms with E-state index in [4.69, 9.17) is 0 Å². The second-order valence-electron chi connectivity index (χ2n) is 3.91. The molecule has 2 heterocycles. The number of benzene rings is 1. The lowest BCUT2D eigenvalue weighted by molar-refractivity contribution is 0.941. The highest BCUT2D eigenvalue weighted by Crippen LogP contribution is 2.21. The highest BCUT2D eigenvalue weighted by Gasteiger charge is 2.03. The van der Waals surface area contributed by atoms with Crippen LogP contribution in [0, 0.1) is 6.92 Å². The Labute approximate surface area is 107 Å². The summed E-state index contributed by atoms with van der Waals surface area (Å²) in [5.74, 6) is 0. The van der Waals surface area contributed by atoms with Gasteiger partial charge in [-0.05, 0) is 31.2 Å². The van der Waals surface area contributed by atoms with Crippen LogP contribution in [0.5, 0.6) is 0 Å². The quantitative estimate of drug-likeness (QED) is 0.686. The zero-order valence-corrected chi connectivity index (χ0v) is 10.8. The second kappa shape index (κ2) is 3.96. The summed E-state index contributed by atoms with van der Waals surface area (Å²) in [5, 5.41) is 4.54. The topological polar surface area (TPSA) is 30.2 Å². The van der Waals surface area contributed by atoms with Gasteiger partial charge in [-0.3, -0.25) is 0 Å². The molecule has 0 saturated carbocycles. The SMILES string of the molecule is Cc1cn2nc(-c3cccc(Br)c3)ccc2n1. The number of aromatic nitrogens is 3. The highest BCUT2D eigenvalue weighted by molar-refractivity contribution is 9.10. The van der Waals surface area contributed by atoms with Crippen molar-refractivity contribution in [1.29, 1.82) is 0 Å². The van der Waals surface area contributed by atoms with Crippen LogP contribution in [0.2, 0.25) is 0 Å². The molecule has 0 spiro atoms. The summed E-state index contributed by atoms with van der Waals surface area (Å²) in [6.07, 6.45) is 1.93. The van der Waals surface area contributed by atoms with Gasteiger partial charge in [0.25, 0.3) is 0 Å². The maximum absolute atomic E-state index is 4.54. The summed E-state index contributed by atoms with van der Waals surface area (Å²) in [4.78, 5) is 4.36. The molecular weight excluding hydrogens is 278 g/mol. The summed E-state index contributed by atoms with van der Waals surface area (Å²) in [5.41, 5.74) is 3.88. The van der Waals surface area contributed by atoms with E-state index < -0.39 is 0 Å². The predicted molar refractivity (Wildman–Crippen MR) is 70.9 cm³/mol. The van der Waals surface area contributed by atoms with Gasteiger partial charge in [0.15, 0.2) is 5.65 Å². The Hall–Kier alpha value is -1.68. The summed E-state index contributed by atoms with van der Waals surface area (Å²) >= 11 is 3.47. The van der Waals surface area contributed by atoms with Crippen LogP contribution in [0.1, 0.15) is 5.69 Å². The fourth-order valence-corrected chi connectivity index (χ4v) is 2.20. The molecule has 0 atom stereocenters. The summed E-state index contributed by atoms with van der Waals surface area (Å²) in [6.45, 7) is 1.97. The number of rotatable bonds is 1. The molecule has 0 saturated heterocycles. The lowest BCUT2D eigenvalue weighted by atomic mass is 10.1. The maximum Gasteiger partial charge on any atom is 0.153 e. The van der Waals surface area contributed by atoms with Gasteiger partial charge in [-0.15, -0.1) is 0 Å². The van der Waals surface area contributed by atoms with Crippen molar-refractivity contribution in [2.45, 2.75) is 6.92 Å². The van der Waals surface area contributed by atoms with Crippen LogP contribution in [0.15, 0.2) is 47.1 Å². The van der Waals surface area contributed by atoms with Crippen molar-refractivity contribution in [3.05, 3.63) is 52.8 Å². The molecule has 1 aromatic carbocycles. The molecule has 17 heavy (non-hydrogen) atoms. The standard InChI is InChI=1S/C13H10BrN3/c1-9-8-17-13(15-9)6-5-12(16-17)10-3-2-4-11(14)7-10/h2-8H,1H3. The van der Waals surface area contributed by atoms with Crippen LogP contribution in [0.3, 0.4) is 0 Å². The molecule has 0 fully saturated rings. The molecular formula is C13H10BrN3. The molecule has 0 aliphatic heterocycles. The Bertz CT molecular complexity index is 688. The van der Waals surface area contributed by atoms with Crippen LogP contribution >= 0.6 is 15.9 Å². The largest absolute Gasteiger partial charge is 0.232 e. The fourth-order valence-electron chi connectivity index (χ4n) is 1.80. The minimum Gasteiger partial charge on any atom is -0.232 e. The number of halogens is 1. The molecule has 3 aromatic rings. The van der Waals surface area contributed by atoms with E-state index in [1.807, 2.05) is 48.0 Å². The van der Waals surface area contributed by atoms with E-state index in [0.717, 1.165) is 27.1 Å². The Balaban J connectivity index is 2.17. The molecule has 2 aromatic heterocycles. The van der Waals surface area contributed by atoms with Crippen LogP contribution < -0.4 is 0 Å². The number of imidazole rings is 1. The minimum absolute atomic E-state index is 0.876. The average molecular weight is 288 g/mol. The zero-order valence-electron chi connectivity index (χ0n) is 9.26. The Kier molecular flexibility index (Phi) is 2.44. The van der Waals surface area contributed by atoms with Gasteiger partial charge in [-0.2, -0.15) is 5.10 Å². The maximum atomic E-state index is 4.54.